The first kappa shape index (κ1) is 25.5. The average Bonchev–Trinajstić information content (AvgIpc) is 2.72. The van der Waals surface area contributed by atoms with Crippen molar-refractivity contribution < 1.29 is 14.3 Å². The van der Waals surface area contributed by atoms with Crippen molar-refractivity contribution in [2.45, 2.75) is 26.8 Å². The summed E-state index contributed by atoms with van der Waals surface area (Å²) in [4.78, 5) is 16.0. The number of carbonyl (C=O) groups is 1. The number of carbonyl (C=O) groups excluding carboxylic acids is 1. The maximum Gasteiger partial charge on any atom is 0.221 e. The molecule has 8 heteroatoms. The van der Waals surface area contributed by atoms with Gasteiger partial charge in [0.2, 0.25) is 5.91 Å². The summed E-state index contributed by atoms with van der Waals surface area (Å²) >= 11 is 0. The molecule has 0 radical (unpaired) electrons. The Bertz CT molecular complexity index is 826. The molecule has 0 aromatic heterocycles. The van der Waals surface area contributed by atoms with Gasteiger partial charge in [-0.15, -0.1) is 24.0 Å². The maximum atomic E-state index is 11.4. The van der Waals surface area contributed by atoms with E-state index < -0.39 is 0 Å². The molecular formula is C22H31IN4O3. The number of anilines is 1. The van der Waals surface area contributed by atoms with Gasteiger partial charge in [0.25, 0.3) is 0 Å². The summed E-state index contributed by atoms with van der Waals surface area (Å²) in [7, 11) is 3.24. The third-order valence-corrected chi connectivity index (χ3v) is 4.20. The lowest BCUT2D eigenvalue weighted by atomic mass is 10.1. The van der Waals surface area contributed by atoms with Crippen molar-refractivity contribution in [3.8, 4) is 11.5 Å². The fraction of sp³-hybridized carbons (Fsp3) is 0.364. The fourth-order valence-electron chi connectivity index (χ4n) is 2.77. The molecule has 0 aliphatic carbocycles. The van der Waals surface area contributed by atoms with E-state index in [1.165, 1.54) is 12.5 Å². The summed E-state index contributed by atoms with van der Waals surface area (Å²) < 4.78 is 10.5. The standard InChI is InChI=1S/C22H30N4O3.HI/c1-5-23-22(24-13-12-17-6-9-19(28-3)10-7-17)25-15-18-8-11-21(29-4)20(14-18)26-16(2)27;/h6-11,14H,5,12-13,15H2,1-4H3,(H,26,27)(H2,23,24,25);1H. The Morgan fingerprint density at radius 1 is 1.00 bits per heavy atom. The van der Waals surface area contributed by atoms with Crippen LogP contribution in [0.3, 0.4) is 0 Å². The Balaban J connectivity index is 0.00000450. The highest BCUT2D eigenvalue weighted by Gasteiger charge is 2.06. The fourth-order valence-corrected chi connectivity index (χ4v) is 2.77. The van der Waals surface area contributed by atoms with E-state index in [2.05, 4.69) is 33.1 Å². The number of hydrogen-bond donors (Lipinski definition) is 3. The van der Waals surface area contributed by atoms with Crippen LogP contribution in [0.2, 0.25) is 0 Å². The summed E-state index contributed by atoms with van der Waals surface area (Å²) in [5.74, 6) is 2.09. The summed E-state index contributed by atoms with van der Waals surface area (Å²) in [6.07, 6.45) is 0.879. The summed E-state index contributed by atoms with van der Waals surface area (Å²) in [6.45, 7) is 5.52. The molecule has 3 N–H and O–H groups in total. The van der Waals surface area contributed by atoms with Gasteiger partial charge in [-0.2, -0.15) is 0 Å². The molecule has 0 aliphatic rings. The first-order valence-corrected chi connectivity index (χ1v) is 9.65. The van der Waals surface area contributed by atoms with Crippen LogP contribution in [-0.2, 0) is 17.8 Å². The molecule has 2 aromatic carbocycles. The summed E-state index contributed by atoms with van der Waals surface area (Å²) in [5.41, 5.74) is 2.84. The smallest absolute Gasteiger partial charge is 0.221 e. The molecule has 2 aromatic rings. The topological polar surface area (TPSA) is 84.0 Å². The second kappa shape index (κ2) is 13.7. The van der Waals surface area contributed by atoms with E-state index in [4.69, 9.17) is 9.47 Å². The van der Waals surface area contributed by atoms with Crippen LogP contribution in [0.25, 0.3) is 0 Å². The van der Waals surface area contributed by atoms with Gasteiger partial charge in [0.1, 0.15) is 11.5 Å². The third-order valence-electron chi connectivity index (χ3n) is 4.20. The van der Waals surface area contributed by atoms with E-state index in [0.29, 0.717) is 18.0 Å². The van der Waals surface area contributed by atoms with Crippen LogP contribution in [0, 0.1) is 0 Å². The highest BCUT2D eigenvalue weighted by Crippen LogP contribution is 2.25. The number of ether oxygens (including phenoxy) is 2. The van der Waals surface area contributed by atoms with Gasteiger partial charge in [0.05, 0.1) is 26.5 Å². The Morgan fingerprint density at radius 3 is 2.30 bits per heavy atom. The first-order valence-electron chi connectivity index (χ1n) is 9.65. The molecule has 2 rings (SSSR count). The zero-order valence-corrected chi connectivity index (χ0v) is 20.3. The number of halogens is 1. The molecule has 0 unspecified atom stereocenters. The molecule has 0 fully saturated rings. The van der Waals surface area contributed by atoms with Gasteiger partial charge in [0, 0.05) is 20.0 Å². The van der Waals surface area contributed by atoms with Gasteiger partial charge >= 0.3 is 0 Å². The van der Waals surface area contributed by atoms with Crippen LogP contribution in [0.1, 0.15) is 25.0 Å². The lowest BCUT2D eigenvalue weighted by Crippen LogP contribution is -2.38. The molecule has 0 saturated heterocycles. The Kier molecular flexibility index (Phi) is 11.7. The molecule has 0 aliphatic heterocycles. The molecule has 0 atom stereocenters. The summed E-state index contributed by atoms with van der Waals surface area (Å²) in [6, 6.07) is 13.7. The third kappa shape index (κ3) is 8.48. The van der Waals surface area contributed by atoms with Crippen LogP contribution in [0.15, 0.2) is 47.5 Å². The number of nitrogens with zero attached hydrogens (tertiary/aromatic N) is 1. The van der Waals surface area contributed by atoms with Gasteiger partial charge < -0.3 is 25.4 Å². The van der Waals surface area contributed by atoms with E-state index >= 15 is 0 Å². The monoisotopic (exact) mass is 526 g/mol. The SMILES string of the molecule is CCNC(=NCc1ccc(OC)c(NC(C)=O)c1)NCCc1ccc(OC)cc1.I. The van der Waals surface area contributed by atoms with E-state index in [1.54, 1.807) is 14.2 Å². The maximum absolute atomic E-state index is 11.4. The van der Waals surface area contributed by atoms with Gasteiger partial charge in [-0.05, 0) is 48.7 Å². The molecular weight excluding hydrogens is 495 g/mol. The molecule has 1 amide bonds. The molecule has 0 heterocycles. The minimum absolute atomic E-state index is 0. The van der Waals surface area contributed by atoms with Gasteiger partial charge in [0.15, 0.2) is 5.96 Å². The zero-order valence-electron chi connectivity index (χ0n) is 18.0. The quantitative estimate of drug-likeness (QED) is 0.265. The highest BCUT2D eigenvalue weighted by molar-refractivity contribution is 14.0. The minimum atomic E-state index is -0.141. The van der Waals surface area contributed by atoms with Crippen LogP contribution in [0.5, 0.6) is 11.5 Å². The van der Waals surface area contributed by atoms with Gasteiger partial charge in [-0.1, -0.05) is 18.2 Å². The largest absolute Gasteiger partial charge is 0.497 e. The number of aliphatic imine (C=N–C) groups is 1. The van der Waals surface area contributed by atoms with Crippen molar-refractivity contribution in [1.82, 2.24) is 10.6 Å². The molecule has 0 saturated carbocycles. The lowest BCUT2D eigenvalue weighted by molar-refractivity contribution is -0.114. The number of rotatable bonds is 9. The second-order valence-corrected chi connectivity index (χ2v) is 6.44. The number of guanidine groups is 1. The van der Waals surface area contributed by atoms with Crippen LogP contribution in [-0.4, -0.2) is 39.2 Å². The normalized spacial score (nSPS) is 10.6. The molecule has 0 spiro atoms. The molecule has 30 heavy (non-hydrogen) atoms. The first-order chi connectivity index (χ1) is 14.0. The van der Waals surface area contributed by atoms with E-state index in [-0.39, 0.29) is 29.9 Å². The molecule has 164 valence electrons. The zero-order chi connectivity index (χ0) is 21.1. The number of amides is 1. The number of hydrogen-bond acceptors (Lipinski definition) is 4. The number of methoxy groups -OCH3 is 2. The van der Waals surface area contributed by atoms with E-state index in [1.807, 2.05) is 37.3 Å². The van der Waals surface area contributed by atoms with Gasteiger partial charge in [-0.3, -0.25) is 4.79 Å². The van der Waals surface area contributed by atoms with E-state index in [0.717, 1.165) is 36.8 Å². The van der Waals surface area contributed by atoms with Crippen molar-refractivity contribution in [1.29, 1.82) is 0 Å². The Labute approximate surface area is 195 Å². The molecule has 7 nitrogen and oxygen atoms in total. The Morgan fingerprint density at radius 2 is 1.70 bits per heavy atom. The second-order valence-electron chi connectivity index (χ2n) is 6.44. The average molecular weight is 526 g/mol. The van der Waals surface area contributed by atoms with Crippen molar-refractivity contribution in [2.24, 2.45) is 4.99 Å². The van der Waals surface area contributed by atoms with Crippen molar-refractivity contribution in [3.05, 3.63) is 53.6 Å². The molecule has 0 bridgehead atoms. The summed E-state index contributed by atoms with van der Waals surface area (Å²) in [5, 5.41) is 9.39. The lowest BCUT2D eigenvalue weighted by Gasteiger charge is -2.13. The predicted octanol–water partition coefficient (Wildman–Crippen LogP) is 3.58. The predicted molar refractivity (Wildman–Crippen MR) is 132 cm³/mol. The van der Waals surface area contributed by atoms with Crippen LogP contribution >= 0.6 is 24.0 Å². The highest BCUT2D eigenvalue weighted by atomic mass is 127. The number of benzene rings is 2. The van der Waals surface area contributed by atoms with Crippen molar-refractivity contribution >= 4 is 41.5 Å². The van der Waals surface area contributed by atoms with Crippen molar-refractivity contribution in [3.63, 3.8) is 0 Å². The van der Waals surface area contributed by atoms with E-state index in [9.17, 15) is 4.79 Å². The van der Waals surface area contributed by atoms with Crippen molar-refractivity contribution in [2.75, 3.05) is 32.6 Å². The minimum Gasteiger partial charge on any atom is -0.497 e. The van der Waals surface area contributed by atoms with Crippen LogP contribution < -0.4 is 25.4 Å². The Hall–Kier alpha value is -2.49. The van der Waals surface area contributed by atoms with Gasteiger partial charge in [-0.25, -0.2) is 4.99 Å². The van der Waals surface area contributed by atoms with Crippen LogP contribution in [0.4, 0.5) is 5.69 Å². The number of nitrogens with one attached hydrogen (secondary N) is 3.